The number of rotatable bonds is 8. The predicted molar refractivity (Wildman–Crippen MR) is 146 cm³/mol. The molecule has 1 aliphatic heterocycles. The van der Waals surface area contributed by atoms with Crippen molar-refractivity contribution in [3.8, 4) is 16.9 Å². The molecule has 1 fully saturated rings. The van der Waals surface area contributed by atoms with Crippen molar-refractivity contribution in [1.29, 1.82) is 0 Å². The second kappa shape index (κ2) is 12.3. The quantitative estimate of drug-likeness (QED) is 0.374. The minimum atomic E-state index is -4.69. The summed E-state index contributed by atoms with van der Waals surface area (Å²) in [7, 11) is 0. The van der Waals surface area contributed by atoms with E-state index in [1.54, 1.807) is 0 Å². The molecule has 1 aliphatic rings. The lowest BCUT2D eigenvalue weighted by Crippen LogP contribution is -2.55. The summed E-state index contributed by atoms with van der Waals surface area (Å²) in [5, 5.41) is 9.08. The Labute approximate surface area is 230 Å². The molecule has 10 heteroatoms. The molecule has 1 atom stereocenters. The Morgan fingerprint density at radius 1 is 1.13 bits per heavy atom. The van der Waals surface area contributed by atoms with Crippen LogP contribution in [0.25, 0.3) is 11.1 Å². The molecule has 1 saturated heterocycles. The van der Waals surface area contributed by atoms with Crippen LogP contribution in [0, 0.1) is 0 Å². The van der Waals surface area contributed by atoms with Crippen molar-refractivity contribution in [2.75, 3.05) is 37.7 Å². The van der Waals surface area contributed by atoms with Gasteiger partial charge in [-0.2, -0.15) is 13.2 Å². The van der Waals surface area contributed by atoms with Crippen LogP contribution in [0.15, 0.2) is 60.7 Å². The van der Waals surface area contributed by atoms with Crippen LogP contribution < -0.4 is 15.4 Å². The van der Waals surface area contributed by atoms with Crippen LogP contribution in [0.3, 0.4) is 0 Å². The Morgan fingerprint density at radius 3 is 2.59 bits per heavy atom. The summed E-state index contributed by atoms with van der Waals surface area (Å²) < 4.78 is 46.6. The number of hydrogen-bond acceptors (Lipinski definition) is 5. The number of aliphatic hydroxyl groups is 1. The highest BCUT2D eigenvalue weighted by atomic mass is 35.5. The van der Waals surface area contributed by atoms with Gasteiger partial charge in [-0.1, -0.05) is 42.8 Å². The number of nitrogens with zero attached hydrogens (tertiary/aromatic N) is 2. The van der Waals surface area contributed by atoms with E-state index in [9.17, 15) is 18.0 Å². The summed E-state index contributed by atoms with van der Waals surface area (Å²) in [6.07, 6.45) is -4.01. The molecule has 208 valence electrons. The van der Waals surface area contributed by atoms with E-state index in [0.717, 1.165) is 34.5 Å². The van der Waals surface area contributed by atoms with Crippen LogP contribution in [0.1, 0.15) is 34.8 Å². The maximum atomic E-state index is 13.6. The van der Waals surface area contributed by atoms with E-state index < -0.39 is 23.2 Å². The normalized spacial score (nSPS) is 15.9. The molecule has 3 aromatic carbocycles. The third-order valence-corrected chi connectivity index (χ3v) is 7.15. The molecule has 39 heavy (non-hydrogen) atoms. The minimum Gasteiger partial charge on any atom is -0.491 e. The van der Waals surface area contributed by atoms with Crippen LogP contribution in [0.4, 0.5) is 18.9 Å². The number of piperazine rings is 1. The number of nitrogens with two attached hydrogens (primary N) is 1. The summed E-state index contributed by atoms with van der Waals surface area (Å²) in [6, 6.07) is 16.7. The molecule has 3 aromatic rings. The van der Waals surface area contributed by atoms with Gasteiger partial charge >= 0.3 is 6.18 Å². The van der Waals surface area contributed by atoms with E-state index in [1.807, 2.05) is 49.4 Å². The van der Waals surface area contributed by atoms with Crippen molar-refractivity contribution < 1.29 is 27.8 Å². The number of para-hydroxylation sites is 1. The molecule has 4 rings (SSSR count). The summed E-state index contributed by atoms with van der Waals surface area (Å²) in [6.45, 7) is 3.34. The lowest BCUT2D eigenvalue weighted by Gasteiger charge is -2.43. The first-order valence-corrected chi connectivity index (χ1v) is 13.1. The van der Waals surface area contributed by atoms with E-state index in [1.165, 1.54) is 11.0 Å². The molecule has 0 saturated carbocycles. The molecule has 0 unspecified atom stereocenters. The first-order valence-electron chi connectivity index (χ1n) is 12.8. The molecule has 0 spiro atoms. The van der Waals surface area contributed by atoms with Gasteiger partial charge < -0.3 is 25.4 Å². The highest BCUT2D eigenvalue weighted by Gasteiger charge is 2.38. The standard InChI is InChI=1S/C29H31ClF3N3O3/c1-2-22-18-35(28(38)24-9-8-21(30)16-25(24)29(31,32)33)11-12-36(22)26-10-7-19(15-20(26)17-34)23-5-3-4-6-27(23)39-14-13-37/h3-10,15-16,22,37H,2,11-14,17-18,34H2,1H3/t22-/m1/s1. The molecule has 0 radical (unpaired) electrons. The minimum absolute atomic E-state index is 0.0736. The maximum Gasteiger partial charge on any atom is 0.417 e. The Balaban J connectivity index is 1.59. The molecule has 3 N–H and O–H groups in total. The van der Waals surface area contributed by atoms with Gasteiger partial charge in [0.15, 0.2) is 0 Å². The number of carbonyl (C=O) groups is 1. The molecule has 6 nitrogen and oxygen atoms in total. The van der Waals surface area contributed by atoms with E-state index in [-0.39, 0.29) is 43.9 Å². The van der Waals surface area contributed by atoms with E-state index >= 15 is 0 Å². The number of anilines is 1. The van der Waals surface area contributed by atoms with E-state index in [2.05, 4.69) is 4.90 Å². The monoisotopic (exact) mass is 561 g/mol. The van der Waals surface area contributed by atoms with Gasteiger partial charge in [0.2, 0.25) is 0 Å². The van der Waals surface area contributed by atoms with E-state index in [4.69, 9.17) is 27.2 Å². The second-order valence-electron chi connectivity index (χ2n) is 9.31. The number of amides is 1. The molecular formula is C29H31ClF3N3O3. The molecule has 0 bridgehead atoms. The fraction of sp³-hybridized carbons (Fsp3) is 0.345. The number of benzene rings is 3. The zero-order valence-electron chi connectivity index (χ0n) is 21.5. The molecule has 1 heterocycles. The number of hydrogen-bond donors (Lipinski definition) is 2. The number of aliphatic hydroxyl groups excluding tert-OH is 1. The summed E-state index contributed by atoms with van der Waals surface area (Å²) in [4.78, 5) is 16.9. The maximum absolute atomic E-state index is 13.6. The average Bonchev–Trinajstić information content (AvgIpc) is 2.94. The van der Waals surface area contributed by atoms with Crippen molar-refractivity contribution >= 4 is 23.2 Å². The third kappa shape index (κ3) is 6.32. The van der Waals surface area contributed by atoms with Crippen molar-refractivity contribution in [3.05, 3.63) is 82.4 Å². The Morgan fingerprint density at radius 2 is 1.90 bits per heavy atom. The molecular weight excluding hydrogens is 531 g/mol. The van der Waals surface area contributed by atoms with Gasteiger partial charge in [-0.3, -0.25) is 4.79 Å². The number of ether oxygens (including phenoxy) is 1. The van der Waals surface area contributed by atoms with Gasteiger partial charge in [0.25, 0.3) is 5.91 Å². The van der Waals surface area contributed by atoms with Crippen LogP contribution in [0.5, 0.6) is 5.75 Å². The average molecular weight is 562 g/mol. The first-order chi connectivity index (χ1) is 18.7. The third-order valence-electron chi connectivity index (χ3n) is 6.91. The smallest absolute Gasteiger partial charge is 0.417 e. The molecule has 0 aromatic heterocycles. The molecule has 0 aliphatic carbocycles. The van der Waals surface area contributed by atoms with Gasteiger partial charge in [0.1, 0.15) is 12.4 Å². The number of alkyl halides is 3. The fourth-order valence-electron chi connectivity index (χ4n) is 5.00. The Bertz CT molecular complexity index is 1320. The number of carbonyl (C=O) groups excluding carboxylic acids is 1. The lowest BCUT2D eigenvalue weighted by molar-refractivity contribution is -0.138. The topological polar surface area (TPSA) is 79.0 Å². The van der Waals surface area contributed by atoms with Crippen molar-refractivity contribution in [3.63, 3.8) is 0 Å². The van der Waals surface area contributed by atoms with Crippen LogP contribution >= 0.6 is 11.6 Å². The van der Waals surface area contributed by atoms with Crippen molar-refractivity contribution in [1.82, 2.24) is 4.90 Å². The van der Waals surface area contributed by atoms with Crippen molar-refractivity contribution in [2.24, 2.45) is 5.73 Å². The zero-order valence-corrected chi connectivity index (χ0v) is 22.3. The summed E-state index contributed by atoms with van der Waals surface area (Å²) in [5.74, 6) is -0.00719. The predicted octanol–water partition coefficient (Wildman–Crippen LogP) is 5.60. The van der Waals surface area contributed by atoms with Gasteiger partial charge in [0, 0.05) is 48.5 Å². The van der Waals surface area contributed by atoms with Gasteiger partial charge in [-0.15, -0.1) is 0 Å². The van der Waals surface area contributed by atoms with Gasteiger partial charge in [0.05, 0.1) is 17.7 Å². The largest absolute Gasteiger partial charge is 0.491 e. The Kier molecular flexibility index (Phi) is 9.04. The SMILES string of the molecule is CC[C@@H]1CN(C(=O)c2ccc(Cl)cc2C(F)(F)F)CCN1c1ccc(-c2ccccc2OCCO)cc1CN. The zero-order chi connectivity index (χ0) is 28.2. The summed E-state index contributed by atoms with van der Waals surface area (Å²) >= 11 is 5.80. The first kappa shape index (κ1) is 28.7. The lowest BCUT2D eigenvalue weighted by atomic mass is 9.98. The van der Waals surface area contributed by atoms with E-state index in [0.29, 0.717) is 18.7 Å². The highest BCUT2D eigenvalue weighted by Crippen LogP contribution is 2.37. The van der Waals surface area contributed by atoms with Crippen LogP contribution in [0.2, 0.25) is 5.02 Å². The molecule has 1 amide bonds. The fourth-order valence-corrected chi connectivity index (χ4v) is 5.17. The summed E-state index contributed by atoms with van der Waals surface area (Å²) in [5.41, 5.74) is 8.35. The van der Waals surface area contributed by atoms with Gasteiger partial charge in [-0.05, 0) is 53.9 Å². The van der Waals surface area contributed by atoms with Crippen LogP contribution in [-0.2, 0) is 12.7 Å². The second-order valence-corrected chi connectivity index (χ2v) is 9.75. The van der Waals surface area contributed by atoms with Crippen LogP contribution in [-0.4, -0.2) is 54.8 Å². The van der Waals surface area contributed by atoms with Crippen molar-refractivity contribution in [2.45, 2.75) is 32.1 Å². The highest BCUT2D eigenvalue weighted by molar-refractivity contribution is 6.30. The van der Waals surface area contributed by atoms with Gasteiger partial charge in [-0.25, -0.2) is 0 Å². The Hall–Kier alpha value is -3.27. The number of halogens is 4.